The van der Waals surface area contributed by atoms with Crippen molar-refractivity contribution in [1.82, 2.24) is 10.6 Å². The molecule has 7 heteroatoms. The van der Waals surface area contributed by atoms with E-state index in [9.17, 15) is 9.90 Å². The highest BCUT2D eigenvalue weighted by Gasteiger charge is 2.09. The summed E-state index contributed by atoms with van der Waals surface area (Å²) in [6.45, 7) is 4.38. The van der Waals surface area contributed by atoms with Crippen LogP contribution in [0.25, 0.3) is 0 Å². The van der Waals surface area contributed by atoms with Gasteiger partial charge in [0.15, 0.2) is 0 Å². The van der Waals surface area contributed by atoms with Crippen molar-refractivity contribution in [2.45, 2.75) is 26.4 Å². The van der Waals surface area contributed by atoms with Crippen molar-refractivity contribution in [3.63, 3.8) is 0 Å². The van der Waals surface area contributed by atoms with Gasteiger partial charge in [0.1, 0.15) is 30.0 Å². The Hall–Kier alpha value is -2.18. The number of aryl methyl sites for hydroxylation is 2. The average molecular weight is 367 g/mol. The molecule has 1 atom stereocenters. The minimum atomic E-state index is -0.811. The molecule has 0 bridgehead atoms. The first kappa shape index (κ1) is 19.1. The molecule has 3 N–H and O–H groups in total. The maximum atomic E-state index is 11.7. The summed E-state index contributed by atoms with van der Waals surface area (Å²) in [4.78, 5) is 11.7. The maximum Gasteiger partial charge on any atom is 0.314 e. The Morgan fingerprint density at radius 3 is 2.76 bits per heavy atom. The Balaban J connectivity index is 1.61. The molecule has 2 aromatic rings. The number of carbonyl (C=O) groups is 1. The summed E-state index contributed by atoms with van der Waals surface area (Å²) < 4.78 is 10.9. The second-order valence-electron chi connectivity index (χ2n) is 5.77. The fraction of sp³-hybridized carbons (Fsp3) is 0.389. The molecule has 1 aromatic heterocycles. The number of amides is 2. The smallest absolute Gasteiger partial charge is 0.314 e. The van der Waals surface area contributed by atoms with Crippen molar-refractivity contribution in [2.24, 2.45) is 0 Å². The number of halogens is 1. The van der Waals surface area contributed by atoms with Gasteiger partial charge < -0.3 is 24.9 Å². The number of carbonyl (C=O) groups excluding carboxylic acids is 1. The zero-order valence-electron chi connectivity index (χ0n) is 14.3. The van der Waals surface area contributed by atoms with Gasteiger partial charge >= 0.3 is 6.03 Å². The first-order valence-corrected chi connectivity index (χ1v) is 8.46. The van der Waals surface area contributed by atoms with Gasteiger partial charge in [-0.1, -0.05) is 11.6 Å². The molecular weight excluding hydrogens is 344 g/mol. The van der Waals surface area contributed by atoms with Crippen LogP contribution in [0.3, 0.4) is 0 Å². The van der Waals surface area contributed by atoms with E-state index < -0.39 is 6.10 Å². The lowest BCUT2D eigenvalue weighted by Gasteiger charge is -2.14. The first-order chi connectivity index (χ1) is 11.9. The minimum absolute atomic E-state index is 0.0764. The molecule has 1 unspecified atom stereocenters. The minimum Gasteiger partial charge on any atom is -0.491 e. The van der Waals surface area contributed by atoms with E-state index in [0.717, 1.165) is 17.1 Å². The molecule has 0 spiro atoms. The summed E-state index contributed by atoms with van der Waals surface area (Å²) in [5.41, 5.74) is 0.901. The molecule has 0 aliphatic rings. The molecule has 0 aliphatic heterocycles. The molecule has 6 nitrogen and oxygen atoms in total. The van der Waals surface area contributed by atoms with E-state index in [2.05, 4.69) is 10.6 Å². The number of urea groups is 1. The maximum absolute atomic E-state index is 11.7. The molecule has 2 rings (SSSR count). The summed E-state index contributed by atoms with van der Waals surface area (Å²) in [6.07, 6.45) is -0.197. The summed E-state index contributed by atoms with van der Waals surface area (Å²) in [5.74, 6) is 2.29. The van der Waals surface area contributed by atoms with Gasteiger partial charge in [-0.05, 0) is 49.7 Å². The van der Waals surface area contributed by atoms with Crippen LogP contribution in [0.1, 0.15) is 17.1 Å². The Bertz CT molecular complexity index is 702. The van der Waals surface area contributed by atoms with Gasteiger partial charge in [0.25, 0.3) is 0 Å². The molecule has 136 valence electrons. The van der Waals surface area contributed by atoms with E-state index in [1.807, 2.05) is 26.0 Å². The Kier molecular flexibility index (Phi) is 7.16. The van der Waals surface area contributed by atoms with Crippen LogP contribution in [0, 0.1) is 13.8 Å². The van der Waals surface area contributed by atoms with E-state index in [1.165, 1.54) is 0 Å². The van der Waals surface area contributed by atoms with Crippen molar-refractivity contribution in [3.8, 4) is 5.75 Å². The van der Waals surface area contributed by atoms with E-state index >= 15 is 0 Å². The number of furan rings is 1. The number of ether oxygens (including phenoxy) is 1. The number of rotatable bonds is 8. The second kappa shape index (κ2) is 9.34. The molecule has 0 fully saturated rings. The highest BCUT2D eigenvalue weighted by atomic mass is 35.5. The van der Waals surface area contributed by atoms with E-state index in [4.69, 9.17) is 20.8 Å². The molecule has 1 heterocycles. The third-order valence-electron chi connectivity index (χ3n) is 3.52. The standard InChI is InChI=1S/C18H23ClN2O4/c1-12-9-16(5-6-17(12)19)24-11-14(22)10-21-18(23)20-8-7-15-4-3-13(2)25-15/h3-6,9,14,22H,7-8,10-11H2,1-2H3,(H2,20,21,23). The quantitative estimate of drug-likeness (QED) is 0.670. The Morgan fingerprint density at radius 2 is 2.08 bits per heavy atom. The number of benzene rings is 1. The molecule has 25 heavy (non-hydrogen) atoms. The highest BCUT2D eigenvalue weighted by Crippen LogP contribution is 2.21. The van der Waals surface area contributed by atoms with Crippen LogP contribution in [-0.2, 0) is 6.42 Å². The van der Waals surface area contributed by atoms with Gasteiger partial charge in [-0.25, -0.2) is 4.79 Å². The van der Waals surface area contributed by atoms with Crippen LogP contribution in [0.5, 0.6) is 5.75 Å². The zero-order valence-corrected chi connectivity index (χ0v) is 15.1. The van der Waals surface area contributed by atoms with Crippen molar-refractivity contribution >= 4 is 17.6 Å². The van der Waals surface area contributed by atoms with Crippen LogP contribution in [-0.4, -0.2) is 36.9 Å². The summed E-state index contributed by atoms with van der Waals surface area (Å²) >= 11 is 5.94. The predicted octanol–water partition coefficient (Wildman–Crippen LogP) is 2.83. The molecule has 0 saturated heterocycles. The zero-order chi connectivity index (χ0) is 18.2. The fourth-order valence-corrected chi connectivity index (χ4v) is 2.27. The average Bonchev–Trinajstić information content (AvgIpc) is 2.99. The monoisotopic (exact) mass is 366 g/mol. The molecule has 0 saturated carbocycles. The van der Waals surface area contributed by atoms with E-state index in [-0.39, 0.29) is 19.2 Å². The summed E-state index contributed by atoms with van der Waals surface area (Å²) in [5, 5.41) is 15.8. The third-order valence-corrected chi connectivity index (χ3v) is 3.95. The lowest BCUT2D eigenvalue weighted by Crippen LogP contribution is -2.41. The van der Waals surface area contributed by atoms with E-state index in [0.29, 0.717) is 23.7 Å². The molecular formula is C18H23ClN2O4. The SMILES string of the molecule is Cc1ccc(CCNC(=O)NCC(O)COc2ccc(Cl)c(C)c2)o1. The number of aliphatic hydroxyl groups is 1. The van der Waals surface area contributed by atoms with Gasteiger partial charge in [0.05, 0.1) is 0 Å². The van der Waals surface area contributed by atoms with E-state index in [1.54, 1.807) is 18.2 Å². The highest BCUT2D eigenvalue weighted by molar-refractivity contribution is 6.31. The van der Waals surface area contributed by atoms with Crippen molar-refractivity contribution < 1.29 is 19.1 Å². The van der Waals surface area contributed by atoms with Crippen molar-refractivity contribution in [1.29, 1.82) is 0 Å². The van der Waals surface area contributed by atoms with Gasteiger partial charge in [0.2, 0.25) is 0 Å². The largest absolute Gasteiger partial charge is 0.491 e. The Labute approximate surface area is 152 Å². The van der Waals surface area contributed by atoms with Crippen molar-refractivity contribution in [3.05, 3.63) is 52.4 Å². The number of hydrogen-bond acceptors (Lipinski definition) is 4. The topological polar surface area (TPSA) is 83.7 Å². The van der Waals surface area contributed by atoms with Gasteiger partial charge in [-0.2, -0.15) is 0 Å². The summed E-state index contributed by atoms with van der Waals surface area (Å²) in [6, 6.07) is 8.70. The van der Waals surface area contributed by atoms with Crippen LogP contribution in [0.2, 0.25) is 5.02 Å². The third kappa shape index (κ3) is 6.68. The molecule has 2 amide bonds. The fourth-order valence-electron chi connectivity index (χ4n) is 2.15. The van der Waals surface area contributed by atoms with Crippen LogP contribution in [0.4, 0.5) is 4.79 Å². The number of aliphatic hydroxyl groups excluding tert-OH is 1. The lowest BCUT2D eigenvalue weighted by molar-refractivity contribution is 0.108. The number of nitrogens with one attached hydrogen (secondary N) is 2. The normalized spacial score (nSPS) is 11.8. The van der Waals surface area contributed by atoms with Crippen molar-refractivity contribution in [2.75, 3.05) is 19.7 Å². The second-order valence-corrected chi connectivity index (χ2v) is 6.18. The number of hydrogen-bond donors (Lipinski definition) is 3. The predicted molar refractivity (Wildman–Crippen MR) is 96.2 cm³/mol. The molecule has 0 aliphatic carbocycles. The van der Waals surface area contributed by atoms with Crippen LogP contribution in [0.15, 0.2) is 34.7 Å². The van der Waals surface area contributed by atoms with Gasteiger partial charge in [0, 0.05) is 24.5 Å². The molecule has 0 radical (unpaired) electrons. The van der Waals surface area contributed by atoms with Crippen LogP contribution < -0.4 is 15.4 Å². The Morgan fingerprint density at radius 1 is 1.28 bits per heavy atom. The van der Waals surface area contributed by atoms with Gasteiger partial charge in [-0.3, -0.25) is 0 Å². The summed E-state index contributed by atoms with van der Waals surface area (Å²) in [7, 11) is 0. The van der Waals surface area contributed by atoms with Crippen LogP contribution >= 0.6 is 11.6 Å². The van der Waals surface area contributed by atoms with Gasteiger partial charge in [-0.15, -0.1) is 0 Å². The lowest BCUT2D eigenvalue weighted by atomic mass is 10.2. The molecule has 1 aromatic carbocycles. The first-order valence-electron chi connectivity index (χ1n) is 8.08.